The summed E-state index contributed by atoms with van der Waals surface area (Å²) in [7, 11) is 0. The van der Waals surface area contributed by atoms with Crippen LogP contribution in [-0.2, 0) is 4.74 Å². The van der Waals surface area contributed by atoms with Crippen LogP contribution in [0.5, 0.6) is 0 Å². The molecule has 1 saturated heterocycles. The molecule has 1 fully saturated rings. The maximum atomic E-state index is 5.51. The van der Waals surface area contributed by atoms with Crippen molar-refractivity contribution in [2.75, 3.05) is 18.5 Å². The van der Waals surface area contributed by atoms with Crippen LogP contribution in [-0.4, -0.2) is 18.5 Å². The molecule has 1 rings (SSSR count). The summed E-state index contributed by atoms with van der Waals surface area (Å²) < 4.78 is 5.51. The minimum absolute atomic E-state index is 0.455. The van der Waals surface area contributed by atoms with Crippen molar-refractivity contribution in [3.8, 4) is 0 Å². The molecule has 0 amide bonds. The average Bonchev–Trinajstić information content (AvgIpc) is 2.63. The molecule has 0 saturated carbocycles. The van der Waals surface area contributed by atoms with Crippen molar-refractivity contribution in [1.82, 2.24) is 0 Å². The van der Waals surface area contributed by atoms with Crippen molar-refractivity contribution < 1.29 is 4.74 Å². The van der Waals surface area contributed by atoms with Crippen LogP contribution in [0.25, 0.3) is 0 Å². The Morgan fingerprint density at radius 2 is 2.08 bits per heavy atom. The Bertz CT molecular complexity index is 137. The van der Waals surface area contributed by atoms with Crippen molar-refractivity contribution in [1.29, 1.82) is 0 Å². The SMILES string of the molecule is CCC(CC)CC1(CBr)CCOC1. The van der Waals surface area contributed by atoms with E-state index in [9.17, 15) is 0 Å². The van der Waals surface area contributed by atoms with Crippen molar-refractivity contribution in [3.05, 3.63) is 0 Å². The smallest absolute Gasteiger partial charge is 0.0531 e. The van der Waals surface area contributed by atoms with Gasteiger partial charge in [0.15, 0.2) is 0 Å². The maximum Gasteiger partial charge on any atom is 0.0531 e. The summed E-state index contributed by atoms with van der Waals surface area (Å²) in [6.07, 6.45) is 5.20. The van der Waals surface area contributed by atoms with Crippen LogP contribution in [0.3, 0.4) is 0 Å². The molecule has 1 unspecified atom stereocenters. The maximum absolute atomic E-state index is 5.51. The summed E-state index contributed by atoms with van der Waals surface area (Å²) in [5.41, 5.74) is 0.455. The third kappa shape index (κ3) is 2.95. The Kier molecular flexibility index (Phi) is 4.74. The second-order valence-electron chi connectivity index (χ2n) is 4.32. The van der Waals surface area contributed by atoms with Gasteiger partial charge in [-0.1, -0.05) is 42.6 Å². The fourth-order valence-electron chi connectivity index (χ4n) is 2.16. The Morgan fingerprint density at radius 3 is 2.46 bits per heavy atom. The first-order valence-corrected chi connectivity index (χ1v) is 6.52. The third-order valence-corrected chi connectivity index (χ3v) is 4.53. The van der Waals surface area contributed by atoms with E-state index in [-0.39, 0.29) is 0 Å². The Hall–Kier alpha value is 0.440. The first-order chi connectivity index (χ1) is 6.26. The minimum Gasteiger partial charge on any atom is -0.381 e. The number of alkyl halides is 1. The van der Waals surface area contributed by atoms with Crippen LogP contribution in [0, 0.1) is 11.3 Å². The third-order valence-electron chi connectivity index (χ3n) is 3.34. The molecular formula is C11H21BrO. The second-order valence-corrected chi connectivity index (χ2v) is 4.88. The van der Waals surface area contributed by atoms with E-state index >= 15 is 0 Å². The van der Waals surface area contributed by atoms with Crippen molar-refractivity contribution >= 4 is 15.9 Å². The second kappa shape index (κ2) is 5.35. The van der Waals surface area contributed by atoms with E-state index in [0.717, 1.165) is 24.5 Å². The fourth-order valence-corrected chi connectivity index (χ4v) is 2.83. The molecule has 1 nitrogen and oxygen atoms in total. The number of hydrogen-bond acceptors (Lipinski definition) is 1. The van der Waals surface area contributed by atoms with E-state index in [2.05, 4.69) is 29.8 Å². The molecule has 0 N–H and O–H groups in total. The van der Waals surface area contributed by atoms with Crippen LogP contribution < -0.4 is 0 Å². The van der Waals surface area contributed by atoms with Crippen molar-refractivity contribution in [2.45, 2.75) is 39.5 Å². The summed E-state index contributed by atoms with van der Waals surface area (Å²) in [5, 5.41) is 1.11. The molecule has 1 aliphatic rings. The lowest BCUT2D eigenvalue weighted by atomic mass is 9.78. The molecule has 0 aromatic carbocycles. The monoisotopic (exact) mass is 248 g/mol. The van der Waals surface area contributed by atoms with Crippen LogP contribution in [0.15, 0.2) is 0 Å². The normalized spacial score (nSPS) is 28.6. The molecule has 1 aliphatic heterocycles. The first kappa shape index (κ1) is 11.5. The molecule has 0 aromatic rings. The van der Waals surface area contributed by atoms with Crippen molar-refractivity contribution in [3.63, 3.8) is 0 Å². The van der Waals surface area contributed by atoms with E-state index in [1.807, 2.05) is 0 Å². The van der Waals surface area contributed by atoms with Gasteiger partial charge in [0.05, 0.1) is 6.61 Å². The molecule has 78 valence electrons. The van der Waals surface area contributed by atoms with Gasteiger partial charge >= 0.3 is 0 Å². The predicted molar refractivity (Wildman–Crippen MR) is 60.4 cm³/mol. The lowest BCUT2D eigenvalue weighted by Gasteiger charge is -2.29. The van der Waals surface area contributed by atoms with Gasteiger partial charge in [0.1, 0.15) is 0 Å². The van der Waals surface area contributed by atoms with Crippen molar-refractivity contribution in [2.24, 2.45) is 11.3 Å². The Morgan fingerprint density at radius 1 is 1.38 bits per heavy atom. The molecular weight excluding hydrogens is 228 g/mol. The van der Waals surface area contributed by atoms with E-state index in [0.29, 0.717) is 5.41 Å². The molecule has 2 heteroatoms. The summed E-state index contributed by atoms with van der Waals surface area (Å²) in [4.78, 5) is 0. The molecule has 0 spiro atoms. The zero-order chi connectivity index (χ0) is 9.73. The lowest BCUT2D eigenvalue weighted by Crippen LogP contribution is -2.26. The summed E-state index contributed by atoms with van der Waals surface area (Å²) in [5.74, 6) is 0.888. The van der Waals surface area contributed by atoms with Gasteiger partial charge in [-0.3, -0.25) is 0 Å². The van der Waals surface area contributed by atoms with Gasteiger partial charge in [-0.15, -0.1) is 0 Å². The van der Waals surface area contributed by atoms with Gasteiger partial charge in [-0.25, -0.2) is 0 Å². The van der Waals surface area contributed by atoms with Gasteiger partial charge < -0.3 is 4.74 Å². The number of rotatable bonds is 5. The zero-order valence-corrected chi connectivity index (χ0v) is 10.4. The highest BCUT2D eigenvalue weighted by Gasteiger charge is 2.35. The summed E-state index contributed by atoms with van der Waals surface area (Å²) in [6, 6.07) is 0. The van der Waals surface area contributed by atoms with Crippen LogP contribution in [0.2, 0.25) is 0 Å². The van der Waals surface area contributed by atoms with Crippen LogP contribution >= 0.6 is 15.9 Å². The zero-order valence-electron chi connectivity index (χ0n) is 8.81. The number of halogens is 1. The quantitative estimate of drug-likeness (QED) is 0.676. The molecule has 1 heterocycles. The fraction of sp³-hybridized carbons (Fsp3) is 1.00. The van der Waals surface area contributed by atoms with E-state index in [1.165, 1.54) is 25.7 Å². The molecule has 13 heavy (non-hydrogen) atoms. The molecule has 0 aliphatic carbocycles. The first-order valence-electron chi connectivity index (χ1n) is 5.40. The summed E-state index contributed by atoms with van der Waals surface area (Å²) in [6.45, 7) is 6.53. The standard InChI is InChI=1S/C11H21BrO/c1-3-10(4-2)7-11(8-12)5-6-13-9-11/h10H,3-9H2,1-2H3. The Balaban J connectivity index is 2.46. The van der Waals surface area contributed by atoms with E-state index in [1.54, 1.807) is 0 Å². The lowest BCUT2D eigenvalue weighted by molar-refractivity contribution is 0.145. The summed E-state index contributed by atoms with van der Waals surface area (Å²) >= 11 is 3.64. The van der Waals surface area contributed by atoms with E-state index < -0.39 is 0 Å². The van der Waals surface area contributed by atoms with Crippen LogP contribution in [0.4, 0.5) is 0 Å². The highest BCUT2D eigenvalue weighted by molar-refractivity contribution is 9.09. The minimum atomic E-state index is 0.455. The number of hydrogen-bond donors (Lipinski definition) is 0. The number of ether oxygens (including phenoxy) is 1. The molecule has 0 bridgehead atoms. The van der Waals surface area contributed by atoms with Gasteiger partial charge in [-0.05, 0) is 18.8 Å². The highest BCUT2D eigenvalue weighted by atomic mass is 79.9. The highest BCUT2D eigenvalue weighted by Crippen LogP contribution is 2.38. The molecule has 1 atom stereocenters. The molecule has 0 aromatic heterocycles. The van der Waals surface area contributed by atoms with Crippen LogP contribution in [0.1, 0.15) is 39.5 Å². The predicted octanol–water partition coefficient (Wildman–Crippen LogP) is 3.61. The average molecular weight is 249 g/mol. The van der Waals surface area contributed by atoms with Gasteiger partial charge in [0.2, 0.25) is 0 Å². The molecule has 0 radical (unpaired) electrons. The largest absolute Gasteiger partial charge is 0.381 e. The van der Waals surface area contributed by atoms with Gasteiger partial charge in [0, 0.05) is 17.4 Å². The van der Waals surface area contributed by atoms with Gasteiger partial charge in [-0.2, -0.15) is 0 Å². The van der Waals surface area contributed by atoms with Gasteiger partial charge in [0.25, 0.3) is 0 Å². The topological polar surface area (TPSA) is 9.23 Å². The van der Waals surface area contributed by atoms with E-state index in [4.69, 9.17) is 4.74 Å². The Labute approximate surface area is 90.4 Å².